The molecule has 0 aliphatic carbocycles. The van der Waals surface area contributed by atoms with Gasteiger partial charge in [-0.15, -0.1) is 6.58 Å². The average molecular weight is 250 g/mol. The summed E-state index contributed by atoms with van der Waals surface area (Å²) in [6.45, 7) is 8.84. The van der Waals surface area contributed by atoms with E-state index in [-0.39, 0.29) is 11.5 Å². The number of hydrogen-bond acceptors (Lipinski definition) is 4. The molecule has 0 bridgehead atoms. The molecule has 0 saturated carbocycles. The molecule has 1 aromatic carbocycles. The van der Waals surface area contributed by atoms with Crippen LogP contribution in [-0.2, 0) is 11.2 Å². The third-order valence-corrected chi connectivity index (χ3v) is 2.01. The Hall–Kier alpha value is -1.97. The highest BCUT2D eigenvalue weighted by atomic mass is 16.7. The SMILES string of the molecule is C=CCc1ccc(OC(=O)OC(C)(C)C)cc1O. The average Bonchev–Trinajstić information content (AvgIpc) is 2.19. The van der Waals surface area contributed by atoms with Gasteiger partial charge in [0.15, 0.2) is 0 Å². The van der Waals surface area contributed by atoms with Gasteiger partial charge in [-0.25, -0.2) is 4.79 Å². The van der Waals surface area contributed by atoms with Gasteiger partial charge in [-0.3, -0.25) is 0 Å². The number of rotatable bonds is 3. The predicted molar refractivity (Wildman–Crippen MR) is 68.9 cm³/mol. The minimum Gasteiger partial charge on any atom is -0.508 e. The molecule has 0 aliphatic heterocycles. The van der Waals surface area contributed by atoms with Gasteiger partial charge in [-0.05, 0) is 38.8 Å². The van der Waals surface area contributed by atoms with Gasteiger partial charge in [0.25, 0.3) is 0 Å². The maximum atomic E-state index is 11.4. The summed E-state index contributed by atoms with van der Waals surface area (Å²) in [6, 6.07) is 4.65. The fraction of sp³-hybridized carbons (Fsp3) is 0.357. The van der Waals surface area contributed by atoms with Crippen LogP contribution in [0.5, 0.6) is 11.5 Å². The Kier molecular flexibility index (Phi) is 4.37. The Morgan fingerprint density at radius 2 is 2.11 bits per heavy atom. The molecule has 0 atom stereocenters. The van der Waals surface area contributed by atoms with Gasteiger partial charge in [0, 0.05) is 6.07 Å². The van der Waals surface area contributed by atoms with Gasteiger partial charge >= 0.3 is 6.16 Å². The van der Waals surface area contributed by atoms with Crippen molar-refractivity contribution in [2.24, 2.45) is 0 Å². The van der Waals surface area contributed by atoms with Crippen LogP contribution in [0.25, 0.3) is 0 Å². The molecule has 0 aliphatic rings. The highest BCUT2D eigenvalue weighted by Gasteiger charge is 2.18. The van der Waals surface area contributed by atoms with Crippen LogP contribution in [0, 0.1) is 0 Å². The summed E-state index contributed by atoms with van der Waals surface area (Å²) in [7, 11) is 0. The molecule has 0 radical (unpaired) electrons. The van der Waals surface area contributed by atoms with Crippen LogP contribution in [-0.4, -0.2) is 16.9 Å². The summed E-state index contributed by atoms with van der Waals surface area (Å²) < 4.78 is 9.96. The smallest absolute Gasteiger partial charge is 0.508 e. The van der Waals surface area contributed by atoms with Gasteiger partial charge < -0.3 is 14.6 Å². The number of phenols is 1. The van der Waals surface area contributed by atoms with Crippen molar-refractivity contribution in [3.63, 3.8) is 0 Å². The second-order valence-corrected chi connectivity index (χ2v) is 4.85. The normalized spacial score (nSPS) is 10.8. The number of benzene rings is 1. The Bertz CT molecular complexity index is 444. The van der Waals surface area contributed by atoms with Crippen molar-refractivity contribution in [1.82, 2.24) is 0 Å². The molecule has 0 saturated heterocycles. The molecule has 0 aromatic heterocycles. The largest absolute Gasteiger partial charge is 0.514 e. The molecular weight excluding hydrogens is 232 g/mol. The number of carbonyl (C=O) groups is 1. The standard InChI is InChI=1S/C14H18O4/c1-5-6-10-7-8-11(9-12(10)15)17-13(16)18-14(2,3)4/h5,7-9,15H,1,6H2,2-4H3. The van der Waals surface area contributed by atoms with E-state index < -0.39 is 11.8 Å². The maximum Gasteiger partial charge on any atom is 0.514 e. The van der Waals surface area contributed by atoms with E-state index in [0.29, 0.717) is 6.42 Å². The number of aromatic hydroxyl groups is 1. The van der Waals surface area contributed by atoms with Crippen LogP contribution in [0.4, 0.5) is 4.79 Å². The Balaban J connectivity index is 2.71. The molecule has 0 spiro atoms. The number of ether oxygens (including phenoxy) is 2. The third kappa shape index (κ3) is 4.49. The van der Waals surface area contributed by atoms with E-state index in [9.17, 15) is 9.90 Å². The first kappa shape index (κ1) is 14.1. The molecule has 18 heavy (non-hydrogen) atoms. The Morgan fingerprint density at radius 3 is 2.61 bits per heavy atom. The zero-order chi connectivity index (χ0) is 13.8. The van der Waals surface area contributed by atoms with Gasteiger partial charge in [0.1, 0.15) is 17.1 Å². The first-order valence-electron chi connectivity index (χ1n) is 5.65. The lowest BCUT2D eigenvalue weighted by molar-refractivity contribution is 0.0206. The molecule has 0 heterocycles. The van der Waals surface area contributed by atoms with Gasteiger partial charge in [0.2, 0.25) is 0 Å². The summed E-state index contributed by atoms with van der Waals surface area (Å²) in [4.78, 5) is 11.4. The van der Waals surface area contributed by atoms with E-state index in [0.717, 1.165) is 5.56 Å². The number of carbonyl (C=O) groups excluding carboxylic acids is 1. The third-order valence-electron chi connectivity index (χ3n) is 2.01. The molecular formula is C14H18O4. The quantitative estimate of drug-likeness (QED) is 0.507. The van der Waals surface area contributed by atoms with Crippen molar-refractivity contribution in [2.45, 2.75) is 32.8 Å². The van der Waals surface area contributed by atoms with Crippen LogP contribution in [0.15, 0.2) is 30.9 Å². The van der Waals surface area contributed by atoms with Crippen LogP contribution >= 0.6 is 0 Å². The zero-order valence-corrected chi connectivity index (χ0v) is 10.9. The lowest BCUT2D eigenvalue weighted by Crippen LogP contribution is -2.25. The fourth-order valence-corrected chi connectivity index (χ4v) is 1.30. The van der Waals surface area contributed by atoms with Crippen molar-refractivity contribution in [3.8, 4) is 11.5 Å². The molecule has 1 N–H and O–H groups in total. The second-order valence-electron chi connectivity index (χ2n) is 4.85. The lowest BCUT2D eigenvalue weighted by atomic mass is 10.1. The van der Waals surface area contributed by atoms with Crippen molar-refractivity contribution >= 4 is 6.16 Å². The van der Waals surface area contributed by atoms with E-state index in [1.165, 1.54) is 6.07 Å². The minimum atomic E-state index is -0.793. The Morgan fingerprint density at radius 1 is 1.44 bits per heavy atom. The molecule has 0 fully saturated rings. The molecule has 98 valence electrons. The monoisotopic (exact) mass is 250 g/mol. The van der Waals surface area contributed by atoms with Gasteiger partial charge in [-0.2, -0.15) is 0 Å². The number of phenolic OH excluding ortho intramolecular Hbond substituents is 1. The molecule has 1 rings (SSSR count). The number of allylic oxidation sites excluding steroid dienone is 1. The van der Waals surface area contributed by atoms with Crippen molar-refractivity contribution in [1.29, 1.82) is 0 Å². The minimum absolute atomic E-state index is 0.0657. The predicted octanol–water partition coefficient (Wildman–Crippen LogP) is 3.43. The van der Waals surface area contributed by atoms with Crippen LogP contribution in [0.3, 0.4) is 0 Å². The molecule has 0 amide bonds. The van der Waals surface area contributed by atoms with Crippen molar-refractivity contribution in [2.75, 3.05) is 0 Å². The van der Waals surface area contributed by atoms with E-state index in [4.69, 9.17) is 9.47 Å². The van der Waals surface area contributed by atoms with E-state index in [1.807, 2.05) is 0 Å². The first-order chi connectivity index (χ1) is 8.31. The second kappa shape index (κ2) is 5.58. The van der Waals surface area contributed by atoms with E-state index >= 15 is 0 Å². The summed E-state index contributed by atoms with van der Waals surface area (Å²) in [5.74, 6) is 0.311. The molecule has 4 heteroatoms. The van der Waals surface area contributed by atoms with Gasteiger partial charge in [-0.1, -0.05) is 12.1 Å². The molecule has 1 aromatic rings. The summed E-state index contributed by atoms with van der Waals surface area (Å²) in [5, 5.41) is 9.69. The topological polar surface area (TPSA) is 55.8 Å². The summed E-state index contributed by atoms with van der Waals surface area (Å²) >= 11 is 0. The van der Waals surface area contributed by atoms with Crippen molar-refractivity contribution < 1.29 is 19.4 Å². The Labute approximate surface area is 107 Å². The zero-order valence-electron chi connectivity index (χ0n) is 10.9. The van der Waals surface area contributed by atoms with Crippen molar-refractivity contribution in [3.05, 3.63) is 36.4 Å². The molecule has 0 unspecified atom stereocenters. The highest BCUT2D eigenvalue weighted by Crippen LogP contribution is 2.24. The van der Waals surface area contributed by atoms with Crippen LogP contribution in [0.2, 0.25) is 0 Å². The summed E-state index contributed by atoms with van der Waals surface area (Å²) in [6.07, 6.45) is 1.44. The summed E-state index contributed by atoms with van der Waals surface area (Å²) in [5.41, 5.74) is 0.114. The lowest BCUT2D eigenvalue weighted by Gasteiger charge is -2.18. The van der Waals surface area contributed by atoms with E-state index in [2.05, 4.69) is 6.58 Å². The number of hydrogen-bond donors (Lipinski definition) is 1. The highest BCUT2D eigenvalue weighted by molar-refractivity contribution is 5.64. The van der Waals surface area contributed by atoms with Gasteiger partial charge in [0.05, 0.1) is 0 Å². The van der Waals surface area contributed by atoms with E-state index in [1.54, 1.807) is 39.0 Å². The fourth-order valence-electron chi connectivity index (χ4n) is 1.30. The van der Waals surface area contributed by atoms with Crippen LogP contribution < -0.4 is 4.74 Å². The maximum absolute atomic E-state index is 11.4. The first-order valence-corrected chi connectivity index (χ1v) is 5.65. The molecule has 4 nitrogen and oxygen atoms in total. The van der Waals surface area contributed by atoms with Crippen LogP contribution in [0.1, 0.15) is 26.3 Å².